The van der Waals surface area contributed by atoms with Gasteiger partial charge in [-0.2, -0.15) is 0 Å². The Bertz CT molecular complexity index is 294. The fraction of sp³-hybridized carbons (Fsp3) is 0.222. The minimum Gasteiger partial charge on any atom is -0.315 e. The van der Waals surface area contributed by atoms with E-state index in [0.29, 0.717) is 16.6 Å². The molecule has 0 saturated carbocycles. The molecule has 0 unspecified atom stereocenters. The third-order valence-corrected chi connectivity index (χ3v) is 2.08. The summed E-state index contributed by atoms with van der Waals surface area (Å²) in [6, 6.07) is 5.03. The maximum absolute atomic E-state index is 10.6. The molecule has 0 aliphatic rings. The number of anilines is 1. The van der Waals surface area contributed by atoms with Crippen LogP contribution in [0.1, 0.15) is 6.92 Å². The number of benzene rings is 1. The fourth-order valence-electron chi connectivity index (χ4n) is 1.02. The Balaban J connectivity index is 3.05. The number of rotatable bonds is 3. The first kappa shape index (κ1) is 10.4. The topological polar surface area (TPSA) is 20.3 Å². The largest absolute Gasteiger partial charge is 0.315 e. The first-order chi connectivity index (χ1) is 6.17. The monoisotopic (exact) mass is 217 g/mol. The Morgan fingerprint density at radius 2 is 1.85 bits per heavy atom. The Morgan fingerprint density at radius 1 is 1.31 bits per heavy atom. The molecule has 4 heteroatoms. The molecule has 70 valence electrons. The van der Waals surface area contributed by atoms with Crippen molar-refractivity contribution >= 4 is 35.3 Å². The van der Waals surface area contributed by atoms with Gasteiger partial charge in [0.2, 0.25) is 6.41 Å². The second-order valence-corrected chi connectivity index (χ2v) is 3.39. The molecule has 0 spiro atoms. The van der Waals surface area contributed by atoms with Gasteiger partial charge in [-0.3, -0.25) is 4.79 Å². The van der Waals surface area contributed by atoms with Crippen LogP contribution in [-0.4, -0.2) is 13.0 Å². The molecule has 0 aliphatic carbocycles. The van der Waals surface area contributed by atoms with E-state index in [1.807, 2.05) is 6.92 Å². The maximum atomic E-state index is 10.6. The summed E-state index contributed by atoms with van der Waals surface area (Å²) in [5, 5.41) is 1.06. The van der Waals surface area contributed by atoms with Gasteiger partial charge in [-0.15, -0.1) is 0 Å². The van der Waals surface area contributed by atoms with Gasteiger partial charge in [0.25, 0.3) is 0 Å². The molecule has 0 heterocycles. The molecular formula is C9H9Cl2NO. The van der Waals surface area contributed by atoms with E-state index >= 15 is 0 Å². The van der Waals surface area contributed by atoms with E-state index in [1.165, 1.54) is 4.90 Å². The van der Waals surface area contributed by atoms with E-state index in [-0.39, 0.29) is 0 Å². The van der Waals surface area contributed by atoms with Crippen molar-refractivity contribution in [3.63, 3.8) is 0 Å². The zero-order valence-electron chi connectivity index (χ0n) is 7.13. The van der Waals surface area contributed by atoms with Gasteiger partial charge < -0.3 is 4.90 Å². The average Bonchev–Trinajstić information content (AvgIpc) is 2.04. The second kappa shape index (κ2) is 4.49. The number of carbonyl (C=O) groups excluding carboxylic acids is 1. The molecule has 1 amide bonds. The third kappa shape index (κ3) is 2.61. The molecule has 0 atom stereocenters. The van der Waals surface area contributed by atoms with E-state index in [2.05, 4.69) is 0 Å². The molecule has 0 radical (unpaired) electrons. The first-order valence-corrected chi connectivity index (χ1v) is 4.61. The van der Waals surface area contributed by atoms with E-state index in [4.69, 9.17) is 23.2 Å². The number of halogens is 2. The summed E-state index contributed by atoms with van der Waals surface area (Å²) >= 11 is 11.6. The van der Waals surface area contributed by atoms with Crippen LogP contribution in [0.4, 0.5) is 5.69 Å². The minimum atomic E-state index is 0.530. The van der Waals surface area contributed by atoms with Gasteiger partial charge in [-0.05, 0) is 25.1 Å². The van der Waals surface area contributed by atoms with Crippen molar-refractivity contribution in [2.75, 3.05) is 11.4 Å². The van der Waals surface area contributed by atoms with Gasteiger partial charge in [0.1, 0.15) is 0 Å². The van der Waals surface area contributed by atoms with Crippen molar-refractivity contribution in [3.8, 4) is 0 Å². The van der Waals surface area contributed by atoms with Crippen molar-refractivity contribution in [1.82, 2.24) is 0 Å². The molecule has 1 aromatic carbocycles. The highest BCUT2D eigenvalue weighted by atomic mass is 35.5. The molecule has 0 N–H and O–H groups in total. The van der Waals surface area contributed by atoms with E-state index in [0.717, 1.165) is 12.1 Å². The SMILES string of the molecule is CCN(C=O)c1cc(Cl)cc(Cl)c1. The van der Waals surface area contributed by atoms with Gasteiger partial charge in [-0.25, -0.2) is 0 Å². The highest BCUT2D eigenvalue weighted by Gasteiger charge is 2.04. The Labute approximate surface area is 87.1 Å². The fourth-order valence-corrected chi connectivity index (χ4v) is 1.54. The minimum absolute atomic E-state index is 0.530. The van der Waals surface area contributed by atoms with Crippen LogP contribution in [-0.2, 0) is 4.79 Å². The van der Waals surface area contributed by atoms with Gasteiger partial charge >= 0.3 is 0 Å². The van der Waals surface area contributed by atoms with Crippen molar-refractivity contribution in [3.05, 3.63) is 28.2 Å². The zero-order chi connectivity index (χ0) is 9.84. The number of carbonyl (C=O) groups is 1. The molecular weight excluding hydrogens is 209 g/mol. The lowest BCUT2D eigenvalue weighted by Gasteiger charge is -2.15. The lowest BCUT2D eigenvalue weighted by molar-refractivity contribution is -0.107. The molecule has 0 fully saturated rings. The molecule has 1 aromatic rings. The average molecular weight is 218 g/mol. The zero-order valence-corrected chi connectivity index (χ0v) is 8.64. The molecule has 1 rings (SSSR count). The summed E-state index contributed by atoms with van der Waals surface area (Å²) in [6.07, 6.45) is 0.752. The lowest BCUT2D eigenvalue weighted by atomic mass is 10.3. The van der Waals surface area contributed by atoms with Crippen LogP contribution >= 0.6 is 23.2 Å². The summed E-state index contributed by atoms with van der Waals surface area (Å²) in [7, 11) is 0. The summed E-state index contributed by atoms with van der Waals surface area (Å²) in [6.45, 7) is 2.48. The van der Waals surface area contributed by atoms with Crippen LogP contribution in [0.2, 0.25) is 10.0 Å². The highest BCUT2D eigenvalue weighted by Crippen LogP contribution is 2.24. The van der Waals surface area contributed by atoms with Gasteiger partial charge in [0.05, 0.1) is 0 Å². The normalized spacial score (nSPS) is 9.77. The number of hydrogen-bond acceptors (Lipinski definition) is 1. The molecule has 0 bridgehead atoms. The smallest absolute Gasteiger partial charge is 0.214 e. The maximum Gasteiger partial charge on any atom is 0.214 e. The van der Waals surface area contributed by atoms with Crippen LogP contribution in [0.15, 0.2) is 18.2 Å². The molecule has 0 aliphatic heterocycles. The quantitative estimate of drug-likeness (QED) is 0.714. The predicted octanol–water partition coefficient (Wildman–Crippen LogP) is 2.98. The molecule has 2 nitrogen and oxygen atoms in total. The standard InChI is InChI=1S/C9H9Cl2NO/c1-2-12(6-13)9-4-7(10)3-8(11)5-9/h3-6H,2H2,1H3. The van der Waals surface area contributed by atoms with Crippen LogP contribution in [0.25, 0.3) is 0 Å². The third-order valence-electron chi connectivity index (χ3n) is 1.65. The van der Waals surface area contributed by atoms with E-state index < -0.39 is 0 Å². The van der Waals surface area contributed by atoms with E-state index in [9.17, 15) is 4.79 Å². The van der Waals surface area contributed by atoms with Crippen LogP contribution in [0, 0.1) is 0 Å². The molecule has 0 aromatic heterocycles. The molecule has 13 heavy (non-hydrogen) atoms. The van der Waals surface area contributed by atoms with Gasteiger partial charge in [-0.1, -0.05) is 23.2 Å². The van der Waals surface area contributed by atoms with Crippen molar-refractivity contribution < 1.29 is 4.79 Å². The van der Waals surface area contributed by atoms with Gasteiger partial charge in [0.15, 0.2) is 0 Å². The predicted molar refractivity (Wildman–Crippen MR) is 55.5 cm³/mol. The summed E-state index contributed by atoms with van der Waals surface area (Å²) in [4.78, 5) is 12.1. The number of nitrogens with zero attached hydrogens (tertiary/aromatic N) is 1. The number of amides is 1. The summed E-state index contributed by atoms with van der Waals surface area (Å²) in [5.74, 6) is 0. The van der Waals surface area contributed by atoms with Gasteiger partial charge in [0, 0.05) is 22.3 Å². The molecule has 0 saturated heterocycles. The second-order valence-electron chi connectivity index (χ2n) is 2.52. The van der Waals surface area contributed by atoms with Crippen LogP contribution < -0.4 is 4.90 Å². The van der Waals surface area contributed by atoms with Crippen LogP contribution in [0.5, 0.6) is 0 Å². The lowest BCUT2D eigenvalue weighted by Crippen LogP contribution is -2.19. The van der Waals surface area contributed by atoms with Crippen molar-refractivity contribution in [1.29, 1.82) is 0 Å². The summed E-state index contributed by atoms with van der Waals surface area (Å²) < 4.78 is 0. The Hall–Kier alpha value is -0.730. The highest BCUT2D eigenvalue weighted by molar-refractivity contribution is 6.35. The van der Waals surface area contributed by atoms with E-state index in [1.54, 1.807) is 18.2 Å². The first-order valence-electron chi connectivity index (χ1n) is 3.85. The Morgan fingerprint density at radius 3 is 2.23 bits per heavy atom. The van der Waals surface area contributed by atoms with Crippen molar-refractivity contribution in [2.45, 2.75) is 6.92 Å². The number of hydrogen-bond donors (Lipinski definition) is 0. The Kier molecular flexibility index (Phi) is 3.58. The van der Waals surface area contributed by atoms with Crippen molar-refractivity contribution in [2.24, 2.45) is 0 Å². The summed E-state index contributed by atoms with van der Waals surface area (Å²) in [5.41, 5.74) is 0.718. The van der Waals surface area contributed by atoms with Crippen LogP contribution in [0.3, 0.4) is 0 Å².